The van der Waals surface area contributed by atoms with Gasteiger partial charge in [0.1, 0.15) is 23.4 Å². The highest BCUT2D eigenvalue weighted by Gasteiger charge is 2.24. The first kappa shape index (κ1) is 43.9. The SMILES string of the molecule is NCc1cnc(N2CCN(C(=O)CCOCCN3CCN(C(=O)CCCc4ccc(Cn5nc(-c6ccc7oc(N)nc7c6)c6c(N)ncnc65)cc4CCNC=O)CC3)CC2)nc1. The molecule has 2 aromatic carbocycles. The fourth-order valence-corrected chi connectivity index (χ4v) is 8.32. The van der Waals surface area contributed by atoms with Crippen LogP contribution in [0.15, 0.2) is 59.5 Å². The van der Waals surface area contributed by atoms with E-state index < -0.39 is 0 Å². The number of carbonyl (C=O) groups is 3. The fourth-order valence-electron chi connectivity index (χ4n) is 8.32. The molecule has 64 heavy (non-hydrogen) atoms. The van der Waals surface area contributed by atoms with Crippen LogP contribution in [0.3, 0.4) is 0 Å². The molecule has 2 aliphatic heterocycles. The Morgan fingerprint density at radius 3 is 2.36 bits per heavy atom. The van der Waals surface area contributed by atoms with Crippen molar-refractivity contribution in [3.63, 3.8) is 0 Å². The summed E-state index contributed by atoms with van der Waals surface area (Å²) in [4.78, 5) is 67.3. The lowest BCUT2D eigenvalue weighted by atomic mass is 9.97. The molecule has 20 nitrogen and oxygen atoms in total. The average molecular weight is 874 g/mol. The number of piperazine rings is 2. The van der Waals surface area contributed by atoms with Crippen molar-refractivity contribution in [1.82, 2.24) is 54.7 Å². The van der Waals surface area contributed by atoms with Crippen molar-refractivity contribution < 1.29 is 23.5 Å². The minimum absolute atomic E-state index is 0.0841. The Morgan fingerprint density at radius 1 is 0.828 bits per heavy atom. The second-order valence-electron chi connectivity index (χ2n) is 16.0. The summed E-state index contributed by atoms with van der Waals surface area (Å²) in [5.74, 6) is 1.23. The normalized spacial score (nSPS) is 14.7. The average Bonchev–Trinajstić information content (AvgIpc) is 3.89. The van der Waals surface area contributed by atoms with Gasteiger partial charge in [-0.05, 0) is 54.2 Å². The van der Waals surface area contributed by atoms with Crippen LogP contribution < -0.4 is 27.4 Å². The smallest absolute Gasteiger partial charge is 0.292 e. The molecule has 0 bridgehead atoms. The maximum atomic E-state index is 13.3. The second kappa shape index (κ2) is 20.6. The van der Waals surface area contributed by atoms with E-state index >= 15 is 0 Å². The number of rotatable bonds is 19. The number of nitrogen functional groups attached to an aromatic ring is 2. The Hall–Kier alpha value is -6.77. The van der Waals surface area contributed by atoms with E-state index in [0.717, 1.165) is 53.9 Å². The number of nitrogens with two attached hydrogens (primary N) is 3. The molecule has 0 aliphatic carbocycles. The highest BCUT2D eigenvalue weighted by molar-refractivity contribution is 5.99. The summed E-state index contributed by atoms with van der Waals surface area (Å²) in [6.07, 6.45) is 8.49. The number of hydrogen-bond donors (Lipinski definition) is 4. The zero-order valence-electron chi connectivity index (χ0n) is 35.9. The third kappa shape index (κ3) is 10.5. The number of anilines is 3. The van der Waals surface area contributed by atoms with Crippen molar-refractivity contribution >= 4 is 58.1 Å². The number of benzene rings is 2. The van der Waals surface area contributed by atoms with Crippen molar-refractivity contribution in [1.29, 1.82) is 0 Å². The summed E-state index contributed by atoms with van der Waals surface area (Å²) in [6, 6.07) is 11.9. The monoisotopic (exact) mass is 873 g/mol. The third-order valence-electron chi connectivity index (χ3n) is 11.9. The van der Waals surface area contributed by atoms with Gasteiger partial charge in [-0.3, -0.25) is 19.3 Å². The number of amides is 3. The Labute approximate surface area is 370 Å². The maximum absolute atomic E-state index is 13.3. The lowest BCUT2D eigenvalue weighted by Gasteiger charge is -2.35. The van der Waals surface area contributed by atoms with Crippen molar-refractivity contribution in [3.8, 4) is 11.3 Å². The van der Waals surface area contributed by atoms with Gasteiger partial charge in [0.15, 0.2) is 11.2 Å². The molecule has 2 saturated heterocycles. The van der Waals surface area contributed by atoms with Gasteiger partial charge < -0.3 is 46.4 Å². The topological polar surface area (TPSA) is 259 Å². The first-order chi connectivity index (χ1) is 31.3. The van der Waals surface area contributed by atoms with E-state index in [-0.39, 0.29) is 17.8 Å². The Balaban J connectivity index is 0.775. The summed E-state index contributed by atoms with van der Waals surface area (Å²) in [7, 11) is 0. The van der Waals surface area contributed by atoms with Gasteiger partial charge >= 0.3 is 0 Å². The summed E-state index contributed by atoms with van der Waals surface area (Å²) in [5, 5.41) is 8.36. The third-order valence-corrected chi connectivity index (χ3v) is 11.9. The van der Waals surface area contributed by atoms with Crippen LogP contribution in [0.1, 0.15) is 41.5 Å². The van der Waals surface area contributed by atoms with E-state index in [1.54, 1.807) is 18.5 Å². The van der Waals surface area contributed by atoms with Crippen LogP contribution in [-0.4, -0.2) is 146 Å². The van der Waals surface area contributed by atoms with Gasteiger partial charge in [0.05, 0.1) is 31.6 Å². The van der Waals surface area contributed by atoms with Crippen LogP contribution in [0.5, 0.6) is 0 Å². The van der Waals surface area contributed by atoms with Gasteiger partial charge in [-0.25, -0.2) is 24.6 Å². The van der Waals surface area contributed by atoms with E-state index in [1.807, 2.05) is 26.6 Å². The molecule has 0 spiro atoms. The largest absolute Gasteiger partial charge is 0.424 e. The summed E-state index contributed by atoms with van der Waals surface area (Å²) >= 11 is 0. The summed E-state index contributed by atoms with van der Waals surface area (Å²) in [6.45, 7) is 8.51. The van der Waals surface area contributed by atoms with E-state index in [9.17, 15) is 14.4 Å². The molecule has 4 aromatic heterocycles. The van der Waals surface area contributed by atoms with Gasteiger partial charge in [-0.2, -0.15) is 10.1 Å². The number of hydrogen-bond acceptors (Lipinski definition) is 16. The fraction of sp³-hybridized carbons (Fsp3) is 0.432. The Kier molecular flexibility index (Phi) is 14.1. The number of aryl methyl sites for hydroxylation is 1. The first-order valence-electron chi connectivity index (χ1n) is 21.8. The molecule has 0 saturated carbocycles. The molecule has 20 heteroatoms. The second-order valence-corrected chi connectivity index (χ2v) is 16.0. The molecule has 6 heterocycles. The van der Waals surface area contributed by atoms with Gasteiger partial charge in [0, 0.05) is 102 Å². The van der Waals surface area contributed by atoms with E-state index in [0.29, 0.717) is 144 Å². The molecule has 336 valence electrons. The molecule has 0 unspecified atom stereocenters. The highest BCUT2D eigenvalue weighted by atomic mass is 16.5. The predicted octanol–water partition coefficient (Wildman–Crippen LogP) is 1.61. The van der Waals surface area contributed by atoms with Crippen molar-refractivity contribution in [2.45, 2.75) is 45.2 Å². The van der Waals surface area contributed by atoms with Crippen molar-refractivity contribution in [2.75, 3.05) is 95.0 Å². The van der Waals surface area contributed by atoms with E-state index in [1.165, 1.54) is 6.33 Å². The van der Waals surface area contributed by atoms with Crippen LogP contribution >= 0.6 is 0 Å². The molecular formula is C44H55N15O5. The quantitative estimate of drug-likeness (QED) is 0.0666. The number of nitrogens with one attached hydrogen (secondary N) is 1. The lowest BCUT2D eigenvalue weighted by molar-refractivity contribution is -0.133. The van der Waals surface area contributed by atoms with Crippen LogP contribution in [0.4, 0.5) is 17.8 Å². The van der Waals surface area contributed by atoms with Crippen LogP contribution in [-0.2, 0) is 45.1 Å². The zero-order valence-corrected chi connectivity index (χ0v) is 35.9. The van der Waals surface area contributed by atoms with Crippen LogP contribution in [0, 0.1) is 0 Å². The molecular weight excluding hydrogens is 819 g/mol. The van der Waals surface area contributed by atoms with Gasteiger partial charge in [0.25, 0.3) is 6.01 Å². The Morgan fingerprint density at radius 2 is 1.59 bits per heavy atom. The lowest BCUT2D eigenvalue weighted by Crippen LogP contribution is -2.49. The molecule has 8 rings (SSSR count). The van der Waals surface area contributed by atoms with Crippen LogP contribution in [0.25, 0.3) is 33.4 Å². The predicted molar refractivity (Wildman–Crippen MR) is 241 cm³/mol. The van der Waals surface area contributed by atoms with Crippen LogP contribution in [0.2, 0.25) is 0 Å². The first-order valence-corrected chi connectivity index (χ1v) is 21.8. The summed E-state index contributed by atoms with van der Waals surface area (Å²) in [5.41, 5.74) is 25.1. The van der Waals surface area contributed by atoms with Gasteiger partial charge in [-0.15, -0.1) is 0 Å². The minimum Gasteiger partial charge on any atom is -0.424 e. The molecule has 3 amide bonds. The molecule has 7 N–H and O–H groups in total. The van der Waals surface area contributed by atoms with E-state index in [4.69, 9.17) is 31.5 Å². The van der Waals surface area contributed by atoms with E-state index in [2.05, 4.69) is 58.2 Å². The number of ether oxygens (including phenoxy) is 1. The maximum Gasteiger partial charge on any atom is 0.292 e. The molecule has 0 atom stereocenters. The Bertz CT molecular complexity index is 2550. The van der Waals surface area contributed by atoms with Gasteiger partial charge in [0.2, 0.25) is 24.2 Å². The zero-order chi connectivity index (χ0) is 44.4. The minimum atomic E-state index is 0.0841. The number of oxazole rings is 1. The molecule has 2 fully saturated rings. The number of fused-ring (bicyclic) bond motifs is 2. The molecule has 6 aromatic rings. The summed E-state index contributed by atoms with van der Waals surface area (Å²) < 4.78 is 13.1. The standard InChI is InChI=1S/C44H55N15O5/c45-24-31-25-49-44(50-26-31)58-17-15-57(16-18-58)38(62)9-20-63-21-19-55-11-13-56(14-12-55)37(61)3-1-2-32-5-4-30(22-33(32)8-10-48-29-60)27-59-42-39(41(46)51-28-52-42)40(54-59)34-6-7-36-35(23-34)53-43(47)64-36/h4-7,22-23,25-26,28-29H,1-3,8-21,24,27,45H2,(H2,47,53)(H,48,60)(H2,46,51,52). The number of aromatic nitrogens is 7. The van der Waals surface area contributed by atoms with Crippen molar-refractivity contribution in [2.24, 2.45) is 5.73 Å². The number of nitrogens with zero attached hydrogens (tertiary/aromatic N) is 11. The van der Waals surface area contributed by atoms with Crippen molar-refractivity contribution in [3.05, 3.63) is 77.4 Å². The molecule has 2 aliphatic rings. The highest BCUT2D eigenvalue weighted by Crippen LogP contribution is 2.33. The van der Waals surface area contributed by atoms with Gasteiger partial charge in [-0.1, -0.05) is 18.2 Å². The molecule has 0 radical (unpaired) electrons. The number of carbonyl (C=O) groups excluding carboxylic acids is 3.